The van der Waals surface area contributed by atoms with Gasteiger partial charge in [-0.05, 0) is 20.3 Å². The SMILES string of the molecule is CCOP(=O)(C[C@@H](NC(=O)c1cc(N2CC[C@H](OC)C2)nc(-c2ccccc2)n1)C(=O)N1CCN(C(=O)O)CC1)OCC. The molecule has 2 aromatic rings. The summed E-state index contributed by atoms with van der Waals surface area (Å²) in [7, 11) is -2.12. The molecule has 2 N–H and O–H groups in total. The maximum absolute atomic E-state index is 13.8. The molecule has 0 saturated carbocycles. The molecule has 2 saturated heterocycles. The van der Waals surface area contributed by atoms with Gasteiger partial charge < -0.3 is 38.9 Å². The Kier molecular flexibility index (Phi) is 11.1. The van der Waals surface area contributed by atoms with Gasteiger partial charge in [0.1, 0.15) is 17.6 Å². The van der Waals surface area contributed by atoms with Gasteiger partial charge >= 0.3 is 13.7 Å². The van der Waals surface area contributed by atoms with Gasteiger partial charge in [0.15, 0.2) is 5.82 Å². The van der Waals surface area contributed by atoms with Gasteiger partial charge in [0.05, 0.1) is 25.5 Å². The van der Waals surface area contributed by atoms with E-state index in [1.165, 1.54) is 9.80 Å². The number of hydrogen-bond donors (Lipinski definition) is 2. The van der Waals surface area contributed by atoms with Crippen LogP contribution in [-0.4, -0.2) is 121 Å². The van der Waals surface area contributed by atoms with E-state index in [0.29, 0.717) is 30.3 Å². The van der Waals surface area contributed by atoms with Crippen LogP contribution in [0.4, 0.5) is 10.6 Å². The minimum atomic E-state index is -3.77. The standard InChI is InChI=1S/C28H39N6O8P/c1-4-41-43(39,42-5-2)19-23(27(36)32-13-15-33(16-14-32)28(37)38)30-26(35)22-17-24(34-12-11-21(18-34)40-3)31-25(29-22)20-9-7-6-8-10-20/h6-10,17,21,23H,4-5,11-16,18-19H2,1-3H3,(H,30,35)(H,37,38)/t21-,23+/m0/s1. The Morgan fingerprint density at radius 1 is 1.02 bits per heavy atom. The first kappa shape index (κ1) is 32.3. The third-order valence-electron chi connectivity index (χ3n) is 7.30. The topological polar surface area (TPSA) is 164 Å². The molecule has 1 aromatic heterocycles. The number of ether oxygens (including phenoxy) is 1. The molecular formula is C28H39N6O8P. The van der Waals surface area contributed by atoms with E-state index in [0.717, 1.165) is 6.42 Å². The minimum Gasteiger partial charge on any atom is -0.465 e. The highest BCUT2D eigenvalue weighted by Crippen LogP contribution is 2.48. The molecule has 14 nitrogen and oxygen atoms in total. The number of carbonyl (C=O) groups excluding carboxylic acids is 2. The molecule has 0 spiro atoms. The summed E-state index contributed by atoms with van der Waals surface area (Å²) in [6.45, 7) is 5.23. The normalized spacial score (nSPS) is 18.0. The molecular weight excluding hydrogens is 579 g/mol. The lowest BCUT2D eigenvalue weighted by Crippen LogP contribution is -2.56. The van der Waals surface area contributed by atoms with Gasteiger partial charge in [0.25, 0.3) is 5.91 Å². The number of nitrogens with one attached hydrogen (secondary N) is 1. The van der Waals surface area contributed by atoms with Crippen molar-refractivity contribution in [2.24, 2.45) is 0 Å². The van der Waals surface area contributed by atoms with Crippen molar-refractivity contribution in [3.63, 3.8) is 0 Å². The maximum Gasteiger partial charge on any atom is 0.407 e. The lowest BCUT2D eigenvalue weighted by atomic mass is 10.2. The summed E-state index contributed by atoms with van der Waals surface area (Å²) in [4.78, 5) is 52.8. The largest absolute Gasteiger partial charge is 0.465 e. The highest BCUT2D eigenvalue weighted by Gasteiger charge is 2.37. The fourth-order valence-electron chi connectivity index (χ4n) is 5.07. The number of nitrogens with zero attached hydrogens (tertiary/aromatic N) is 5. The van der Waals surface area contributed by atoms with E-state index in [-0.39, 0.29) is 51.2 Å². The van der Waals surface area contributed by atoms with Crippen LogP contribution in [0.5, 0.6) is 0 Å². The molecule has 0 unspecified atom stereocenters. The quantitative estimate of drug-likeness (QED) is 0.336. The first-order valence-electron chi connectivity index (χ1n) is 14.3. The van der Waals surface area contributed by atoms with Gasteiger partial charge in [0, 0.05) is 58.0 Å². The van der Waals surface area contributed by atoms with E-state index in [2.05, 4.69) is 10.3 Å². The predicted molar refractivity (Wildman–Crippen MR) is 158 cm³/mol. The Morgan fingerprint density at radius 2 is 1.67 bits per heavy atom. The molecule has 2 atom stereocenters. The van der Waals surface area contributed by atoms with Gasteiger partial charge in [-0.25, -0.2) is 14.8 Å². The second-order valence-electron chi connectivity index (χ2n) is 10.1. The number of amides is 3. The zero-order chi connectivity index (χ0) is 31.0. The molecule has 3 heterocycles. The number of benzene rings is 1. The second-order valence-corrected chi connectivity index (χ2v) is 12.2. The first-order chi connectivity index (χ1) is 20.7. The molecule has 2 fully saturated rings. The molecule has 4 rings (SSSR count). The van der Waals surface area contributed by atoms with Crippen LogP contribution in [-0.2, 0) is 23.1 Å². The second kappa shape index (κ2) is 14.7. The molecule has 1 aromatic carbocycles. The number of rotatable bonds is 12. The molecule has 15 heteroatoms. The van der Waals surface area contributed by atoms with E-state index in [9.17, 15) is 24.1 Å². The monoisotopic (exact) mass is 618 g/mol. The van der Waals surface area contributed by atoms with Crippen molar-refractivity contribution in [2.45, 2.75) is 32.4 Å². The number of hydrogen-bond acceptors (Lipinski definition) is 10. The molecule has 43 heavy (non-hydrogen) atoms. The number of anilines is 1. The van der Waals surface area contributed by atoms with E-state index in [4.69, 9.17) is 18.8 Å². The minimum absolute atomic E-state index is 0.0286. The van der Waals surface area contributed by atoms with Gasteiger partial charge in [-0.2, -0.15) is 0 Å². The molecule has 234 valence electrons. The van der Waals surface area contributed by atoms with Crippen LogP contribution in [0.2, 0.25) is 0 Å². The van der Waals surface area contributed by atoms with Crippen LogP contribution in [0.15, 0.2) is 36.4 Å². The molecule has 0 bridgehead atoms. The third-order valence-corrected chi connectivity index (χ3v) is 9.42. The number of aromatic nitrogens is 2. The van der Waals surface area contributed by atoms with Crippen LogP contribution >= 0.6 is 7.60 Å². The maximum atomic E-state index is 13.8. The van der Waals surface area contributed by atoms with E-state index in [1.54, 1.807) is 27.0 Å². The lowest BCUT2D eigenvalue weighted by molar-refractivity contribution is -0.134. The fraction of sp³-hybridized carbons (Fsp3) is 0.536. The third kappa shape index (κ3) is 8.29. The Morgan fingerprint density at radius 3 is 2.26 bits per heavy atom. The molecule has 0 aliphatic carbocycles. The summed E-state index contributed by atoms with van der Waals surface area (Å²) in [6, 6.07) is 9.53. The summed E-state index contributed by atoms with van der Waals surface area (Å²) in [5.41, 5.74) is 0.739. The zero-order valence-electron chi connectivity index (χ0n) is 24.7. The average Bonchev–Trinajstić information content (AvgIpc) is 3.50. The molecule has 2 aliphatic heterocycles. The Labute approximate surface area is 250 Å². The fourth-order valence-corrected chi connectivity index (χ4v) is 6.84. The number of carbonyl (C=O) groups is 3. The number of piperazine rings is 1. The number of methoxy groups -OCH3 is 1. The Bertz CT molecular complexity index is 1310. The van der Waals surface area contributed by atoms with E-state index < -0.39 is 37.7 Å². The van der Waals surface area contributed by atoms with Crippen LogP contribution in [0.1, 0.15) is 30.8 Å². The van der Waals surface area contributed by atoms with Crippen molar-refractivity contribution in [2.75, 3.05) is 70.7 Å². The van der Waals surface area contributed by atoms with Crippen LogP contribution in [0.25, 0.3) is 11.4 Å². The summed E-state index contributed by atoms with van der Waals surface area (Å²) in [6.07, 6.45) is -0.637. The van der Waals surface area contributed by atoms with Gasteiger partial charge in [-0.15, -0.1) is 0 Å². The Hall–Kier alpha value is -3.58. The average molecular weight is 619 g/mol. The van der Waals surface area contributed by atoms with Gasteiger partial charge in [-0.3, -0.25) is 14.2 Å². The van der Waals surface area contributed by atoms with E-state index >= 15 is 0 Å². The zero-order valence-corrected chi connectivity index (χ0v) is 25.6. The van der Waals surface area contributed by atoms with Crippen LogP contribution < -0.4 is 10.2 Å². The Balaban J connectivity index is 1.64. The lowest BCUT2D eigenvalue weighted by Gasteiger charge is -2.35. The van der Waals surface area contributed by atoms with Crippen LogP contribution in [0, 0.1) is 0 Å². The highest BCUT2D eigenvalue weighted by molar-refractivity contribution is 7.54. The van der Waals surface area contributed by atoms with Crippen molar-refractivity contribution in [1.82, 2.24) is 25.1 Å². The van der Waals surface area contributed by atoms with Crippen molar-refractivity contribution >= 4 is 31.3 Å². The van der Waals surface area contributed by atoms with Crippen LogP contribution in [0.3, 0.4) is 0 Å². The van der Waals surface area contributed by atoms with Crippen molar-refractivity contribution < 1.29 is 37.8 Å². The first-order valence-corrected chi connectivity index (χ1v) is 16.1. The van der Waals surface area contributed by atoms with E-state index in [1.807, 2.05) is 35.2 Å². The summed E-state index contributed by atoms with van der Waals surface area (Å²) >= 11 is 0. The van der Waals surface area contributed by atoms with Crippen molar-refractivity contribution in [3.8, 4) is 11.4 Å². The van der Waals surface area contributed by atoms with Gasteiger partial charge in [0.2, 0.25) is 5.91 Å². The summed E-state index contributed by atoms with van der Waals surface area (Å²) in [5, 5.41) is 12.0. The molecule has 2 aliphatic rings. The van der Waals surface area contributed by atoms with Crippen molar-refractivity contribution in [3.05, 3.63) is 42.1 Å². The highest BCUT2D eigenvalue weighted by atomic mass is 31.2. The summed E-state index contributed by atoms with van der Waals surface area (Å²) < 4.78 is 29.9. The molecule has 0 radical (unpaired) electrons. The van der Waals surface area contributed by atoms with Gasteiger partial charge in [-0.1, -0.05) is 30.3 Å². The smallest absolute Gasteiger partial charge is 0.407 e. The van der Waals surface area contributed by atoms with Crippen molar-refractivity contribution in [1.29, 1.82) is 0 Å². The predicted octanol–water partition coefficient (Wildman–Crippen LogP) is 2.56. The number of carboxylic acid groups (broad SMARTS) is 1. The summed E-state index contributed by atoms with van der Waals surface area (Å²) in [5.74, 6) is -0.296. The molecule has 3 amide bonds.